The normalized spacial score (nSPS) is 10.2. The van der Waals surface area contributed by atoms with Crippen LogP contribution in [0.3, 0.4) is 0 Å². The van der Waals surface area contributed by atoms with E-state index >= 15 is 0 Å². The second kappa shape index (κ2) is 6.06. The molecule has 0 atom stereocenters. The van der Waals surface area contributed by atoms with Gasteiger partial charge < -0.3 is 16.2 Å². The van der Waals surface area contributed by atoms with Crippen LogP contribution in [0.4, 0.5) is 15.8 Å². The van der Waals surface area contributed by atoms with Crippen LogP contribution in [-0.2, 0) is 6.42 Å². The summed E-state index contributed by atoms with van der Waals surface area (Å²) < 4.78 is 12.8. The third-order valence-electron chi connectivity index (χ3n) is 2.92. The van der Waals surface area contributed by atoms with Gasteiger partial charge in [-0.1, -0.05) is 12.1 Å². The molecule has 0 saturated carbocycles. The standard InChI is InChI=1S/C15H15FN2O2/c16-11-3-1-10(2-4-11)7-8-18-14-6-5-12(17)9-13(14)15(19)20/h1-6,9,18H,7-8,17H2,(H,19,20). The topological polar surface area (TPSA) is 75.3 Å². The van der Waals surface area contributed by atoms with E-state index in [-0.39, 0.29) is 11.4 Å². The Morgan fingerprint density at radius 2 is 1.90 bits per heavy atom. The van der Waals surface area contributed by atoms with Crippen molar-refractivity contribution in [2.45, 2.75) is 6.42 Å². The zero-order valence-corrected chi connectivity index (χ0v) is 10.8. The number of hydrogen-bond donors (Lipinski definition) is 3. The third-order valence-corrected chi connectivity index (χ3v) is 2.92. The summed E-state index contributed by atoms with van der Waals surface area (Å²) in [6, 6.07) is 10.9. The van der Waals surface area contributed by atoms with Crippen molar-refractivity contribution in [2.24, 2.45) is 0 Å². The van der Waals surface area contributed by atoms with Crippen LogP contribution in [0.25, 0.3) is 0 Å². The van der Waals surface area contributed by atoms with Crippen molar-refractivity contribution in [3.8, 4) is 0 Å². The summed E-state index contributed by atoms with van der Waals surface area (Å²) in [5.74, 6) is -1.30. The van der Waals surface area contributed by atoms with Gasteiger partial charge in [0.25, 0.3) is 0 Å². The monoisotopic (exact) mass is 274 g/mol. The highest BCUT2D eigenvalue weighted by molar-refractivity contribution is 5.95. The van der Waals surface area contributed by atoms with Crippen molar-refractivity contribution >= 4 is 17.3 Å². The molecule has 104 valence electrons. The Balaban J connectivity index is 2.00. The molecule has 0 bridgehead atoms. The lowest BCUT2D eigenvalue weighted by molar-refractivity contribution is 0.0698. The maximum Gasteiger partial charge on any atom is 0.337 e. The first-order chi connectivity index (χ1) is 9.56. The molecule has 0 spiro atoms. The van der Waals surface area contributed by atoms with E-state index in [1.165, 1.54) is 18.2 Å². The molecule has 0 aliphatic heterocycles. The minimum Gasteiger partial charge on any atom is -0.478 e. The van der Waals surface area contributed by atoms with Crippen molar-refractivity contribution in [1.82, 2.24) is 0 Å². The summed E-state index contributed by atoms with van der Waals surface area (Å²) in [6.07, 6.45) is 0.670. The Bertz CT molecular complexity index is 612. The number of carbonyl (C=O) groups is 1. The van der Waals surface area contributed by atoms with Gasteiger partial charge >= 0.3 is 5.97 Å². The van der Waals surface area contributed by atoms with Gasteiger partial charge in [0.05, 0.1) is 5.56 Å². The van der Waals surface area contributed by atoms with E-state index in [4.69, 9.17) is 10.8 Å². The molecule has 5 heteroatoms. The van der Waals surface area contributed by atoms with Gasteiger partial charge in [0.15, 0.2) is 0 Å². The first kappa shape index (κ1) is 13.9. The molecule has 0 aliphatic carbocycles. The number of nitrogens with one attached hydrogen (secondary N) is 1. The molecule has 2 aromatic rings. The quantitative estimate of drug-likeness (QED) is 0.733. The number of halogens is 1. The van der Waals surface area contributed by atoms with Crippen LogP contribution in [0.5, 0.6) is 0 Å². The van der Waals surface area contributed by atoms with Crippen LogP contribution >= 0.6 is 0 Å². The first-order valence-corrected chi connectivity index (χ1v) is 6.17. The Hall–Kier alpha value is -2.56. The lowest BCUT2D eigenvalue weighted by Crippen LogP contribution is -2.10. The van der Waals surface area contributed by atoms with Gasteiger partial charge in [-0.25, -0.2) is 9.18 Å². The van der Waals surface area contributed by atoms with Crippen molar-refractivity contribution in [2.75, 3.05) is 17.6 Å². The molecule has 0 radical (unpaired) electrons. The fourth-order valence-corrected chi connectivity index (χ4v) is 1.89. The third kappa shape index (κ3) is 3.47. The Morgan fingerprint density at radius 3 is 2.55 bits per heavy atom. The van der Waals surface area contributed by atoms with E-state index in [1.54, 1.807) is 24.3 Å². The molecular formula is C15H15FN2O2. The predicted molar refractivity (Wildman–Crippen MR) is 76.4 cm³/mol. The van der Waals surface area contributed by atoms with E-state index in [9.17, 15) is 9.18 Å². The summed E-state index contributed by atoms with van der Waals surface area (Å²) in [7, 11) is 0. The molecule has 0 aliphatic rings. The van der Waals surface area contributed by atoms with Gasteiger partial charge in [-0.05, 0) is 42.3 Å². The second-order valence-electron chi connectivity index (χ2n) is 4.41. The molecule has 0 amide bonds. The molecule has 0 unspecified atom stereocenters. The van der Waals surface area contributed by atoms with Crippen LogP contribution in [-0.4, -0.2) is 17.6 Å². The zero-order valence-electron chi connectivity index (χ0n) is 10.8. The largest absolute Gasteiger partial charge is 0.478 e. The van der Waals surface area contributed by atoms with Crippen molar-refractivity contribution in [1.29, 1.82) is 0 Å². The summed E-state index contributed by atoms with van der Waals surface area (Å²) in [5.41, 5.74) is 7.62. The minimum absolute atomic E-state index is 0.143. The number of carboxylic acid groups (broad SMARTS) is 1. The number of nitrogens with two attached hydrogens (primary N) is 1. The predicted octanol–water partition coefficient (Wildman–Crippen LogP) is 2.76. The van der Waals surface area contributed by atoms with Gasteiger partial charge in [0, 0.05) is 17.9 Å². The molecule has 4 N–H and O–H groups in total. The van der Waals surface area contributed by atoms with Crippen molar-refractivity contribution in [3.63, 3.8) is 0 Å². The summed E-state index contributed by atoms with van der Waals surface area (Å²) in [5, 5.41) is 12.2. The van der Waals surface area contributed by atoms with Crippen LogP contribution in [0.2, 0.25) is 0 Å². The lowest BCUT2D eigenvalue weighted by atomic mass is 10.1. The van der Waals surface area contributed by atoms with Crippen LogP contribution < -0.4 is 11.1 Å². The minimum atomic E-state index is -1.03. The van der Waals surface area contributed by atoms with Crippen molar-refractivity contribution in [3.05, 3.63) is 59.4 Å². The first-order valence-electron chi connectivity index (χ1n) is 6.17. The van der Waals surface area contributed by atoms with E-state index in [0.717, 1.165) is 5.56 Å². The molecule has 2 aromatic carbocycles. The Morgan fingerprint density at radius 1 is 1.20 bits per heavy atom. The summed E-state index contributed by atoms with van der Waals surface area (Å²) in [6.45, 7) is 0.551. The highest BCUT2D eigenvalue weighted by atomic mass is 19.1. The number of carboxylic acids is 1. The fraction of sp³-hybridized carbons (Fsp3) is 0.133. The molecule has 0 aromatic heterocycles. The average Bonchev–Trinajstić information content (AvgIpc) is 2.42. The van der Waals surface area contributed by atoms with Gasteiger partial charge in [0.1, 0.15) is 5.82 Å². The van der Waals surface area contributed by atoms with Gasteiger partial charge in [-0.15, -0.1) is 0 Å². The highest BCUT2D eigenvalue weighted by Gasteiger charge is 2.09. The van der Waals surface area contributed by atoms with E-state index in [0.29, 0.717) is 24.3 Å². The lowest BCUT2D eigenvalue weighted by Gasteiger charge is -2.10. The average molecular weight is 274 g/mol. The summed E-state index contributed by atoms with van der Waals surface area (Å²) >= 11 is 0. The molecule has 20 heavy (non-hydrogen) atoms. The molecular weight excluding hydrogens is 259 g/mol. The number of rotatable bonds is 5. The van der Waals surface area contributed by atoms with E-state index < -0.39 is 5.97 Å². The van der Waals surface area contributed by atoms with Crippen molar-refractivity contribution < 1.29 is 14.3 Å². The van der Waals surface area contributed by atoms with Gasteiger partial charge in [0.2, 0.25) is 0 Å². The Kier molecular flexibility index (Phi) is 4.20. The SMILES string of the molecule is Nc1ccc(NCCc2ccc(F)cc2)c(C(=O)O)c1. The molecule has 2 rings (SSSR count). The smallest absolute Gasteiger partial charge is 0.337 e. The number of benzene rings is 2. The van der Waals surface area contributed by atoms with Gasteiger partial charge in [-0.3, -0.25) is 0 Å². The Labute approximate surface area is 116 Å². The van der Waals surface area contributed by atoms with E-state index in [2.05, 4.69) is 5.32 Å². The fourth-order valence-electron chi connectivity index (χ4n) is 1.89. The molecule has 0 saturated heterocycles. The number of hydrogen-bond acceptors (Lipinski definition) is 3. The maximum atomic E-state index is 12.8. The second-order valence-corrected chi connectivity index (χ2v) is 4.41. The number of aromatic carboxylic acids is 1. The van der Waals surface area contributed by atoms with Crippen LogP contribution in [0.15, 0.2) is 42.5 Å². The molecule has 0 heterocycles. The van der Waals surface area contributed by atoms with Crippen LogP contribution in [0, 0.1) is 5.82 Å². The van der Waals surface area contributed by atoms with Crippen LogP contribution in [0.1, 0.15) is 15.9 Å². The van der Waals surface area contributed by atoms with Gasteiger partial charge in [-0.2, -0.15) is 0 Å². The number of nitrogen functional groups attached to an aromatic ring is 1. The van der Waals surface area contributed by atoms with E-state index in [1.807, 2.05) is 0 Å². The molecule has 0 fully saturated rings. The number of anilines is 2. The maximum absolute atomic E-state index is 12.8. The zero-order chi connectivity index (χ0) is 14.5. The summed E-state index contributed by atoms with van der Waals surface area (Å²) in [4.78, 5) is 11.1. The molecule has 4 nitrogen and oxygen atoms in total. The highest BCUT2D eigenvalue weighted by Crippen LogP contribution is 2.19.